The Balaban J connectivity index is 3.07. The number of nitrogens with zero attached hydrogens (tertiary/aromatic N) is 1. The summed E-state index contributed by atoms with van der Waals surface area (Å²) >= 11 is 0. The molecule has 1 heterocycles. The predicted molar refractivity (Wildman–Crippen MR) is 76.1 cm³/mol. The topological polar surface area (TPSA) is 68.7 Å². The number of aromatic nitrogens is 1. The van der Waals surface area contributed by atoms with Gasteiger partial charge in [-0.1, -0.05) is 26.8 Å². The minimum absolute atomic E-state index is 0.313. The molecule has 5 nitrogen and oxygen atoms in total. The van der Waals surface area contributed by atoms with Crippen LogP contribution in [-0.2, 0) is 14.3 Å². The van der Waals surface area contributed by atoms with Crippen LogP contribution in [0.5, 0.6) is 0 Å². The van der Waals surface area contributed by atoms with Gasteiger partial charge in [0.05, 0.1) is 5.69 Å². The standard InChI is InChI=1S/C15H21NO4/c1-15(2,3)12(13(17)18)8-11-7-6-10(9-16-11)14(19-4)20-5/h6-9,14H,1-5H3,(H,17,18)/b12-8-. The van der Waals surface area contributed by atoms with Crippen LogP contribution in [0.4, 0.5) is 0 Å². The number of aliphatic carboxylic acids is 1. The van der Waals surface area contributed by atoms with Gasteiger partial charge in [0.15, 0.2) is 6.29 Å². The van der Waals surface area contributed by atoms with Crippen LogP contribution >= 0.6 is 0 Å². The summed E-state index contributed by atoms with van der Waals surface area (Å²) in [6.07, 6.45) is 2.73. The van der Waals surface area contributed by atoms with Gasteiger partial charge in [0.25, 0.3) is 0 Å². The van der Waals surface area contributed by atoms with Crippen molar-refractivity contribution in [3.8, 4) is 0 Å². The molecule has 1 rings (SSSR count). The van der Waals surface area contributed by atoms with Gasteiger partial charge in [-0.25, -0.2) is 4.79 Å². The van der Waals surface area contributed by atoms with Gasteiger partial charge >= 0.3 is 5.97 Å². The van der Waals surface area contributed by atoms with Gasteiger partial charge in [-0.05, 0) is 17.6 Å². The van der Waals surface area contributed by atoms with E-state index in [1.54, 1.807) is 38.6 Å². The highest BCUT2D eigenvalue weighted by Gasteiger charge is 2.23. The average Bonchev–Trinajstić information content (AvgIpc) is 2.37. The van der Waals surface area contributed by atoms with Crippen molar-refractivity contribution in [3.63, 3.8) is 0 Å². The van der Waals surface area contributed by atoms with Crippen molar-refractivity contribution in [2.45, 2.75) is 27.1 Å². The van der Waals surface area contributed by atoms with Crippen LogP contribution in [0.25, 0.3) is 6.08 Å². The summed E-state index contributed by atoms with van der Waals surface area (Å²) in [6.45, 7) is 5.56. The number of pyridine rings is 1. The second-order valence-corrected chi connectivity index (χ2v) is 5.43. The predicted octanol–water partition coefficient (Wildman–Crippen LogP) is 2.89. The molecular weight excluding hydrogens is 258 g/mol. The highest BCUT2D eigenvalue weighted by molar-refractivity contribution is 5.93. The van der Waals surface area contributed by atoms with E-state index in [0.717, 1.165) is 5.56 Å². The molecule has 0 aromatic carbocycles. The summed E-state index contributed by atoms with van der Waals surface area (Å²) in [4.78, 5) is 15.5. The number of hydrogen-bond donors (Lipinski definition) is 1. The molecule has 0 spiro atoms. The smallest absolute Gasteiger partial charge is 0.332 e. The molecule has 20 heavy (non-hydrogen) atoms. The summed E-state index contributed by atoms with van der Waals surface area (Å²) < 4.78 is 10.3. The van der Waals surface area contributed by atoms with E-state index in [0.29, 0.717) is 11.3 Å². The van der Waals surface area contributed by atoms with Crippen LogP contribution in [0.15, 0.2) is 23.9 Å². The van der Waals surface area contributed by atoms with E-state index in [4.69, 9.17) is 9.47 Å². The molecule has 0 aliphatic carbocycles. The minimum atomic E-state index is -0.935. The van der Waals surface area contributed by atoms with Gasteiger partial charge in [-0.2, -0.15) is 0 Å². The first-order valence-electron chi connectivity index (χ1n) is 6.26. The second-order valence-electron chi connectivity index (χ2n) is 5.43. The zero-order chi connectivity index (χ0) is 15.3. The molecule has 5 heteroatoms. The lowest BCUT2D eigenvalue weighted by atomic mass is 9.86. The van der Waals surface area contributed by atoms with Gasteiger partial charge in [-0.3, -0.25) is 4.98 Å². The van der Waals surface area contributed by atoms with E-state index in [1.807, 2.05) is 20.8 Å². The van der Waals surface area contributed by atoms with E-state index in [1.165, 1.54) is 0 Å². The molecule has 0 amide bonds. The zero-order valence-corrected chi connectivity index (χ0v) is 12.5. The van der Waals surface area contributed by atoms with Crippen LogP contribution in [0, 0.1) is 5.41 Å². The fourth-order valence-electron chi connectivity index (χ4n) is 1.76. The quantitative estimate of drug-likeness (QED) is 0.663. The molecule has 0 saturated carbocycles. The Labute approximate surface area is 119 Å². The molecule has 0 aliphatic rings. The number of methoxy groups -OCH3 is 2. The molecule has 0 atom stereocenters. The van der Waals surface area contributed by atoms with Crippen molar-refractivity contribution in [2.24, 2.45) is 5.41 Å². The van der Waals surface area contributed by atoms with Gasteiger partial charge in [-0.15, -0.1) is 0 Å². The fourth-order valence-corrected chi connectivity index (χ4v) is 1.76. The van der Waals surface area contributed by atoms with Crippen LogP contribution in [0.3, 0.4) is 0 Å². The van der Waals surface area contributed by atoms with Crippen molar-refractivity contribution in [3.05, 3.63) is 35.2 Å². The first-order chi connectivity index (χ1) is 9.29. The summed E-state index contributed by atoms with van der Waals surface area (Å²) in [6, 6.07) is 3.55. The van der Waals surface area contributed by atoms with Crippen LogP contribution < -0.4 is 0 Å². The van der Waals surface area contributed by atoms with Gasteiger partial charge < -0.3 is 14.6 Å². The number of carboxylic acids is 1. The summed E-state index contributed by atoms with van der Waals surface area (Å²) in [7, 11) is 3.09. The monoisotopic (exact) mass is 279 g/mol. The number of rotatable bonds is 5. The Kier molecular flexibility index (Phi) is 5.42. The normalized spacial score (nSPS) is 12.8. The average molecular weight is 279 g/mol. The third-order valence-electron chi connectivity index (χ3n) is 2.84. The number of hydrogen-bond acceptors (Lipinski definition) is 4. The third kappa shape index (κ3) is 4.15. The lowest BCUT2D eigenvalue weighted by molar-refractivity contribution is -0.133. The van der Waals surface area contributed by atoms with Crippen molar-refractivity contribution in [1.29, 1.82) is 0 Å². The van der Waals surface area contributed by atoms with E-state index in [9.17, 15) is 9.90 Å². The first kappa shape index (κ1) is 16.3. The second kappa shape index (κ2) is 6.63. The molecule has 0 saturated heterocycles. The van der Waals surface area contributed by atoms with Gasteiger partial charge in [0, 0.05) is 31.6 Å². The Hall–Kier alpha value is -1.72. The highest BCUT2D eigenvalue weighted by atomic mass is 16.7. The maximum absolute atomic E-state index is 11.3. The SMILES string of the molecule is COC(OC)c1ccc(/C=C(/C(=O)O)C(C)(C)C)nc1. The molecule has 1 N–H and O–H groups in total. The van der Waals surface area contributed by atoms with E-state index >= 15 is 0 Å². The molecule has 0 radical (unpaired) electrons. The molecular formula is C15H21NO4. The van der Waals surface area contributed by atoms with Crippen molar-refractivity contribution >= 4 is 12.0 Å². The van der Waals surface area contributed by atoms with Crippen molar-refractivity contribution < 1.29 is 19.4 Å². The van der Waals surface area contributed by atoms with Crippen LogP contribution in [-0.4, -0.2) is 30.3 Å². The molecule has 0 aliphatic heterocycles. The first-order valence-corrected chi connectivity index (χ1v) is 6.26. The highest BCUT2D eigenvalue weighted by Crippen LogP contribution is 2.27. The number of ether oxygens (including phenoxy) is 2. The lowest BCUT2D eigenvalue weighted by Gasteiger charge is -2.19. The minimum Gasteiger partial charge on any atom is -0.478 e. The maximum atomic E-state index is 11.3. The van der Waals surface area contributed by atoms with Crippen LogP contribution in [0.2, 0.25) is 0 Å². The Morgan fingerprint density at radius 3 is 2.25 bits per heavy atom. The van der Waals surface area contributed by atoms with E-state index in [-0.39, 0.29) is 0 Å². The number of carboxylic acid groups (broad SMARTS) is 1. The van der Waals surface area contributed by atoms with Crippen LogP contribution in [0.1, 0.15) is 38.3 Å². The molecule has 0 bridgehead atoms. The molecule has 0 unspecified atom stereocenters. The van der Waals surface area contributed by atoms with Gasteiger partial charge in [0.2, 0.25) is 0 Å². The zero-order valence-electron chi connectivity index (χ0n) is 12.5. The maximum Gasteiger partial charge on any atom is 0.332 e. The molecule has 1 aromatic rings. The molecule has 110 valence electrons. The lowest BCUT2D eigenvalue weighted by Crippen LogP contribution is -2.17. The Morgan fingerprint density at radius 2 is 1.90 bits per heavy atom. The van der Waals surface area contributed by atoms with Crippen molar-refractivity contribution in [2.75, 3.05) is 14.2 Å². The third-order valence-corrected chi connectivity index (χ3v) is 2.84. The summed E-state index contributed by atoms with van der Waals surface area (Å²) in [5.74, 6) is -0.935. The molecule has 0 fully saturated rings. The Morgan fingerprint density at radius 1 is 1.30 bits per heavy atom. The number of carbonyl (C=O) groups is 1. The van der Waals surface area contributed by atoms with Crippen molar-refractivity contribution in [1.82, 2.24) is 4.98 Å². The summed E-state index contributed by atoms with van der Waals surface area (Å²) in [5.41, 5.74) is 1.23. The molecule has 1 aromatic heterocycles. The largest absolute Gasteiger partial charge is 0.478 e. The fraction of sp³-hybridized carbons (Fsp3) is 0.467. The summed E-state index contributed by atoms with van der Waals surface area (Å²) in [5, 5.41) is 9.25. The van der Waals surface area contributed by atoms with E-state index < -0.39 is 17.7 Å². The van der Waals surface area contributed by atoms with Gasteiger partial charge in [0.1, 0.15) is 0 Å². The Bertz CT molecular complexity index is 482. The van der Waals surface area contributed by atoms with E-state index in [2.05, 4.69) is 4.98 Å².